The van der Waals surface area contributed by atoms with E-state index in [2.05, 4.69) is 5.32 Å². The van der Waals surface area contributed by atoms with Crippen LogP contribution in [0.1, 0.15) is 30.0 Å². The maximum atomic E-state index is 13.6. The van der Waals surface area contributed by atoms with Crippen molar-refractivity contribution < 1.29 is 13.2 Å². The maximum absolute atomic E-state index is 13.6. The zero-order chi connectivity index (χ0) is 14.8. The second-order valence-electron chi connectivity index (χ2n) is 5.48. The molecule has 0 bridgehead atoms. The molecule has 1 atom stereocenters. The summed E-state index contributed by atoms with van der Waals surface area (Å²) < 4.78 is 39.8. The Kier molecular flexibility index (Phi) is 3.97. The summed E-state index contributed by atoms with van der Waals surface area (Å²) in [7, 11) is 0. The topological polar surface area (TPSA) is 12.0 Å². The molecule has 0 saturated heterocycles. The first kappa shape index (κ1) is 14.1. The lowest BCUT2D eigenvalue weighted by molar-refractivity contribution is 0.468. The van der Waals surface area contributed by atoms with Gasteiger partial charge in [0.25, 0.3) is 0 Å². The first-order valence-corrected chi connectivity index (χ1v) is 7.06. The van der Waals surface area contributed by atoms with Crippen LogP contribution in [0.2, 0.25) is 0 Å². The van der Waals surface area contributed by atoms with E-state index in [1.807, 2.05) is 0 Å². The standard InChI is InChI=1S/C17H16F3N/c18-14-5-3-12(4-6-14)17(11-1-2-11)21-10-13-9-15(19)7-8-16(13)20/h3-9,11,17,21H,1-2,10H2. The summed E-state index contributed by atoms with van der Waals surface area (Å²) in [5.41, 5.74) is 1.29. The molecule has 110 valence electrons. The number of nitrogens with one attached hydrogen (secondary N) is 1. The van der Waals surface area contributed by atoms with Crippen LogP contribution in [-0.2, 0) is 6.54 Å². The van der Waals surface area contributed by atoms with E-state index >= 15 is 0 Å². The average molecular weight is 291 g/mol. The molecule has 0 aliphatic heterocycles. The van der Waals surface area contributed by atoms with Crippen molar-refractivity contribution in [3.8, 4) is 0 Å². The number of rotatable bonds is 5. The van der Waals surface area contributed by atoms with E-state index < -0.39 is 11.6 Å². The van der Waals surface area contributed by atoms with Crippen molar-refractivity contribution in [3.63, 3.8) is 0 Å². The van der Waals surface area contributed by atoms with Crippen molar-refractivity contribution >= 4 is 0 Å². The summed E-state index contributed by atoms with van der Waals surface area (Å²) in [5.74, 6) is -0.660. The van der Waals surface area contributed by atoms with E-state index in [0.29, 0.717) is 11.5 Å². The van der Waals surface area contributed by atoms with Gasteiger partial charge in [0.1, 0.15) is 17.5 Å². The second-order valence-corrected chi connectivity index (χ2v) is 5.48. The highest BCUT2D eigenvalue weighted by Crippen LogP contribution is 2.41. The van der Waals surface area contributed by atoms with Crippen molar-refractivity contribution in [2.24, 2.45) is 5.92 Å². The molecule has 1 unspecified atom stereocenters. The lowest BCUT2D eigenvalue weighted by Crippen LogP contribution is -2.23. The Morgan fingerprint density at radius 1 is 0.952 bits per heavy atom. The summed E-state index contributed by atoms with van der Waals surface area (Å²) >= 11 is 0. The van der Waals surface area contributed by atoms with E-state index in [-0.39, 0.29) is 18.4 Å². The Labute approximate surface area is 121 Å². The molecule has 1 saturated carbocycles. The SMILES string of the molecule is Fc1ccc(C(NCc2cc(F)ccc2F)C2CC2)cc1. The van der Waals surface area contributed by atoms with Crippen LogP contribution in [0.25, 0.3) is 0 Å². The highest BCUT2D eigenvalue weighted by molar-refractivity contribution is 5.23. The summed E-state index contributed by atoms with van der Waals surface area (Å²) in [6, 6.07) is 9.84. The quantitative estimate of drug-likeness (QED) is 0.864. The Bertz CT molecular complexity index is 620. The third-order valence-corrected chi connectivity index (χ3v) is 3.84. The van der Waals surface area contributed by atoms with Gasteiger partial charge in [0.2, 0.25) is 0 Å². The molecular formula is C17H16F3N. The minimum atomic E-state index is -0.446. The summed E-state index contributed by atoms with van der Waals surface area (Å²) in [6.45, 7) is 0.252. The van der Waals surface area contributed by atoms with Gasteiger partial charge in [0, 0.05) is 18.2 Å². The van der Waals surface area contributed by atoms with Crippen LogP contribution in [0.4, 0.5) is 13.2 Å². The molecule has 1 nitrogen and oxygen atoms in total. The predicted molar refractivity (Wildman–Crippen MR) is 75.1 cm³/mol. The largest absolute Gasteiger partial charge is 0.305 e. The fourth-order valence-corrected chi connectivity index (χ4v) is 2.56. The molecule has 0 heterocycles. The Morgan fingerprint density at radius 3 is 2.29 bits per heavy atom. The number of hydrogen-bond acceptors (Lipinski definition) is 1. The van der Waals surface area contributed by atoms with Gasteiger partial charge in [-0.25, -0.2) is 13.2 Å². The smallest absolute Gasteiger partial charge is 0.127 e. The van der Waals surface area contributed by atoms with Crippen molar-refractivity contribution in [2.75, 3.05) is 0 Å². The molecule has 1 aliphatic carbocycles. The van der Waals surface area contributed by atoms with Gasteiger partial charge < -0.3 is 5.32 Å². The third-order valence-electron chi connectivity index (χ3n) is 3.84. The first-order valence-electron chi connectivity index (χ1n) is 7.06. The predicted octanol–water partition coefficient (Wildman–Crippen LogP) is 4.34. The molecule has 3 rings (SSSR count). The van der Waals surface area contributed by atoms with Crippen LogP contribution in [0, 0.1) is 23.4 Å². The molecule has 0 amide bonds. The van der Waals surface area contributed by atoms with E-state index in [1.165, 1.54) is 18.2 Å². The van der Waals surface area contributed by atoms with Crippen LogP contribution in [0.3, 0.4) is 0 Å². The molecule has 1 aliphatic rings. The highest BCUT2D eigenvalue weighted by atomic mass is 19.1. The minimum Gasteiger partial charge on any atom is -0.305 e. The molecule has 2 aromatic rings. The lowest BCUT2D eigenvalue weighted by atomic mass is 10.0. The second kappa shape index (κ2) is 5.90. The molecule has 2 aromatic carbocycles. The molecule has 1 fully saturated rings. The van der Waals surface area contributed by atoms with Crippen molar-refractivity contribution in [1.82, 2.24) is 5.32 Å². The Hall–Kier alpha value is -1.81. The van der Waals surface area contributed by atoms with Crippen molar-refractivity contribution in [2.45, 2.75) is 25.4 Å². The lowest BCUT2D eigenvalue weighted by Gasteiger charge is -2.19. The summed E-state index contributed by atoms with van der Waals surface area (Å²) in [4.78, 5) is 0. The van der Waals surface area contributed by atoms with Crippen LogP contribution in [0.5, 0.6) is 0 Å². The van der Waals surface area contributed by atoms with E-state index in [1.54, 1.807) is 12.1 Å². The fraction of sp³-hybridized carbons (Fsp3) is 0.294. The molecule has 0 radical (unpaired) electrons. The zero-order valence-electron chi connectivity index (χ0n) is 11.5. The van der Waals surface area contributed by atoms with Gasteiger partial charge in [-0.2, -0.15) is 0 Å². The van der Waals surface area contributed by atoms with Gasteiger partial charge in [-0.15, -0.1) is 0 Å². The van der Waals surface area contributed by atoms with E-state index in [9.17, 15) is 13.2 Å². The van der Waals surface area contributed by atoms with Gasteiger partial charge in [-0.3, -0.25) is 0 Å². The molecule has 0 spiro atoms. The Balaban J connectivity index is 1.74. The molecule has 1 N–H and O–H groups in total. The monoisotopic (exact) mass is 291 g/mol. The summed E-state index contributed by atoms with van der Waals surface area (Å²) in [6.07, 6.45) is 2.20. The highest BCUT2D eigenvalue weighted by Gasteiger charge is 2.32. The fourth-order valence-electron chi connectivity index (χ4n) is 2.56. The summed E-state index contributed by atoms with van der Waals surface area (Å²) in [5, 5.41) is 3.27. The van der Waals surface area contributed by atoms with Gasteiger partial charge in [-0.1, -0.05) is 12.1 Å². The normalized spacial score (nSPS) is 16.0. The third kappa shape index (κ3) is 3.45. The van der Waals surface area contributed by atoms with E-state index in [4.69, 9.17) is 0 Å². The van der Waals surface area contributed by atoms with Crippen LogP contribution in [-0.4, -0.2) is 0 Å². The van der Waals surface area contributed by atoms with Gasteiger partial charge in [0.15, 0.2) is 0 Å². The van der Waals surface area contributed by atoms with E-state index in [0.717, 1.165) is 30.5 Å². The molecule has 21 heavy (non-hydrogen) atoms. The van der Waals surface area contributed by atoms with Crippen molar-refractivity contribution in [3.05, 3.63) is 71.0 Å². The molecular weight excluding hydrogens is 275 g/mol. The van der Waals surface area contributed by atoms with Crippen LogP contribution >= 0.6 is 0 Å². The number of halogens is 3. The molecule has 4 heteroatoms. The minimum absolute atomic E-state index is 0.0493. The average Bonchev–Trinajstić information content (AvgIpc) is 3.29. The van der Waals surface area contributed by atoms with Gasteiger partial charge in [0.05, 0.1) is 0 Å². The Morgan fingerprint density at radius 2 is 1.62 bits per heavy atom. The number of hydrogen-bond donors (Lipinski definition) is 1. The maximum Gasteiger partial charge on any atom is 0.127 e. The zero-order valence-corrected chi connectivity index (χ0v) is 11.5. The van der Waals surface area contributed by atoms with Crippen LogP contribution in [0.15, 0.2) is 42.5 Å². The molecule has 0 aromatic heterocycles. The van der Waals surface area contributed by atoms with Gasteiger partial charge >= 0.3 is 0 Å². The van der Waals surface area contributed by atoms with Gasteiger partial charge in [-0.05, 0) is 54.7 Å². The first-order chi connectivity index (χ1) is 10.1. The van der Waals surface area contributed by atoms with Crippen molar-refractivity contribution in [1.29, 1.82) is 0 Å². The number of benzene rings is 2. The van der Waals surface area contributed by atoms with Crippen LogP contribution < -0.4 is 5.32 Å².